The highest BCUT2D eigenvalue weighted by Crippen LogP contribution is 2.43. The molecule has 20 heavy (non-hydrogen) atoms. The zero-order valence-corrected chi connectivity index (χ0v) is 13.0. The van der Waals surface area contributed by atoms with Gasteiger partial charge < -0.3 is 10.6 Å². The molecule has 3 heteroatoms. The molecule has 1 aliphatic rings. The molecule has 1 amide bonds. The minimum Gasteiger partial charge on any atom is -0.326 e. The quantitative estimate of drug-likeness (QED) is 0.878. The number of benzene rings is 1. The summed E-state index contributed by atoms with van der Waals surface area (Å²) in [5.41, 5.74) is 2.22. The van der Waals surface area contributed by atoms with Gasteiger partial charge in [0.2, 0.25) is 5.91 Å². The van der Waals surface area contributed by atoms with Gasteiger partial charge in [-0.05, 0) is 49.9 Å². The highest BCUT2D eigenvalue weighted by atomic mass is 16.1. The molecule has 1 aromatic carbocycles. The minimum atomic E-state index is 0.125. The van der Waals surface area contributed by atoms with E-state index in [1.165, 1.54) is 5.56 Å². The van der Waals surface area contributed by atoms with Crippen molar-refractivity contribution in [3.8, 4) is 0 Å². The SMILES string of the molecule is CNC(C)c1cccc(NC(=O)C2CCCC2(C)C)c1. The third-order valence-electron chi connectivity index (χ3n) is 4.66. The maximum Gasteiger partial charge on any atom is 0.228 e. The van der Waals surface area contributed by atoms with Crippen LogP contribution >= 0.6 is 0 Å². The van der Waals surface area contributed by atoms with Gasteiger partial charge in [0.1, 0.15) is 0 Å². The minimum absolute atomic E-state index is 0.125. The second kappa shape index (κ2) is 5.96. The Balaban J connectivity index is 2.08. The maximum absolute atomic E-state index is 12.5. The third-order valence-corrected chi connectivity index (χ3v) is 4.66. The van der Waals surface area contributed by atoms with Gasteiger partial charge in [-0.15, -0.1) is 0 Å². The predicted octanol–water partition coefficient (Wildman–Crippen LogP) is 3.73. The molecular formula is C17H26N2O. The summed E-state index contributed by atoms with van der Waals surface area (Å²) < 4.78 is 0. The van der Waals surface area contributed by atoms with E-state index < -0.39 is 0 Å². The first kappa shape index (κ1) is 15.0. The largest absolute Gasteiger partial charge is 0.326 e. The molecular weight excluding hydrogens is 248 g/mol. The van der Waals surface area contributed by atoms with Crippen molar-refractivity contribution in [1.29, 1.82) is 0 Å². The Bertz CT molecular complexity index is 482. The second-order valence-corrected chi connectivity index (χ2v) is 6.56. The van der Waals surface area contributed by atoms with Crippen LogP contribution in [-0.4, -0.2) is 13.0 Å². The summed E-state index contributed by atoms with van der Waals surface area (Å²) in [5, 5.41) is 6.31. The summed E-state index contributed by atoms with van der Waals surface area (Å²) in [5.74, 6) is 0.301. The number of anilines is 1. The topological polar surface area (TPSA) is 41.1 Å². The molecule has 2 N–H and O–H groups in total. The van der Waals surface area contributed by atoms with Gasteiger partial charge in [0.05, 0.1) is 0 Å². The third kappa shape index (κ3) is 3.21. The Labute approximate surface area is 122 Å². The summed E-state index contributed by atoms with van der Waals surface area (Å²) in [6.07, 6.45) is 3.30. The Morgan fingerprint density at radius 1 is 1.40 bits per heavy atom. The van der Waals surface area contributed by atoms with Crippen molar-refractivity contribution in [2.24, 2.45) is 11.3 Å². The Morgan fingerprint density at radius 2 is 2.15 bits per heavy atom. The fraction of sp³-hybridized carbons (Fsp3) is 0.588. The van der Waals surface area contributed by atoms with E-state index in [4.69, 9.17) is 0 Å². The zero-order valence-electron chi connectivity index (χ0n) is 13.0. The molecule has 0 heterocycles. The molecule has 1 aliphatic carbocycles. The molecule has 2 atom stereocenters. The van der Waals surface area contributed by atoms with E-state index in [0.29, 0.717) is 0 Å². The Morgan fingerprint density at radius 3 is 2.75 bits per heavy atom. The van der Waals surface area contributed by atoms with Gasteiger partial charge in [0.15, 0.2) is 0 Å². The van der Waals surface area contributed by atoms with Crippen molar-refractivity contribution in [2.45, 2.75) is 46.1 Å². The van der Waals surface area contributed by atoms with Crippen LogP contribution in [0.1, 0.15) is 51.6 Å². The number of nitrogens with one attached hydrogen (secondary N) is 2. The predicted molar refractivity (Wildman–Crippen MR) is 83.7 cm³/mol. The van der Waals surface area contributed by atoms with Crippen molar-refractivity contribution in [2.75, 3.05) is 12.4 Å². The lowest BCUT2D eigenvalue weighted by molar-refractivity contribution is -0.122. The molecule has 0 saturated heterocycles. The number of hydrogen-bond donors (Lipinski definition) is 2. The summed E-state index contributed by atoms with van der Waals surface area (Å²) in [6, 6.07) is 8.39. The monoisotopic (exact) mass is 274 g/mol. The van der Waals surface area contributed by atoms with E-state index >= 15 is 0 Å². The first-order valence-electron chi connectivity index (χ1n) is 7.52. The number of hydrogen-bond acceptors (Lipinski definition) is 2. The fourth-order valence-corrected chi connectivity index (χ4v) is 3.09. The Hall–Kier alpha value is -1.35. The molecule has 1 saturated carbocycles. The summed E-state index contributed by atoms with van der Waals surface area (Å²) in [6.45, 7) is 6.51. The number of rotatable bonds is 4. The Kier molecular flexibility index (Phi) is 4.48. The molecule has 0 aliphatic heterocycles. The van der Waals surface area contributed by atoms with Gasteiger partial charge >= 0.3 is 0 Å². The van der Waals surface area contributed by atoms with Crippen LogP contribution in [0.15, 0.2) is 24.3 Å². The lowest BCUT2D eigenvalue weighted by Crippen LogP contribution is -2.30. The lowest BCUT2D eigenvalue weighted by Gasteiger charge is -2.26. The van der Waals surface area contributed by atoms with Gasteiger partial charge in [0, 0.05) is 17.6 Å². The standard InChI is InChI=1S/C17H26N2O/c1-12(18-4)13-7-5-8-14(11-13)19-16(20)15-9-6-10-17(15,2)3/h5,7-8,11-12,15,18H,6,9-10H2,1-4H3,(H,19,20). The molecule has 0 radical (unpaired) electrons. The van der Waals surface area contributed by atoms with E-state index in [1.807, 2.05) is 19.2 Å². The summed E-state index contributed by atoms with van der Waals surface area (Å²) in [7, 11) is 1.94. The molecule has 0 spiro atoms. The van der Waals surface area contributed by atoms with Crippen LogP contribution in [0.3, 0.4) is 0 Å². The van der Waals surface area contributed by atoms with Crippen LogP contribution in [0.5, 0.6) is 0 Å². The van der Waals surface area contributed by atoms with E-state index in [-0.39, 0.29) is 23.3 Å². The molecule has 110 valence electrons. The van der Waals surface area contributed by atoms with Crippen LogP contribution in [0.25, 0.3) is 0 Å². The average molecular weight is 274 g/mol. The first-order valence-corrected chi connectivity index (χ1v) is 7.52. The zero-order chi connectivity index (χ0) is 14.8. The molecule has 1 aromatic rings. The normalized spacial score (nSPS) is 22.5. The van der Waals surface area contributed by atoms with Crippen LogP contribution < -0.4 is 10.6 Å². The van der Waals surface area contributed by atoms with Crippen molar-refractivity contribution in [3.63, 3.8) is 0 Å². The average Bonchev–Trinajstić information content (AvgIpc) is 2.77. The molecule has 2 unspecified atom stereocenters. The lowest BCUT2D eigenvalue weighted by atomic mass is 9.81. The molecule has 0 bridgehead atoms. The van der Waals surface area contributed by atoms with Crippen LogP contribution in [0.2, 0.25) is 0 Å². The van der Waals surface area contributed by atoms with Gasteiger partial charge in [0.25, 0.3) is 0 Å². The maximum atomic E-state index is 12.5. The smallest absolute Gasteiger partial charge is 0.228 e. The molecule has 3 nitrogen and oxygen atoms in total. The van der Waals surface area contributed by atoms with Crippen molar-refractivity contribution < 1.29 is 4.79 Å². The highest BCUT2D eigenvalue weighted by Gasteiger charge is 2.39. The van der Waals surface area contributed by atoms with Gasteiger partial charge in [-0.25, -0.2) is 0 Å². The van der Waals surface area contributed by atoms with E-state index in [1.54, 1.807) is 0 Å². The van der Waals surface area contributed by atoms with E-state index in [9.17, 15) is 4.79 Å². The van der Waals surface area contributed by atoms with Crippen molar-refractivity contribution >= 4 is 11.6 Å². The first-order chi connectivity index (χ1) is 9.44. The van der Waals surface area contributed by atoms with Gasteiger partial charge in [-0.3, -0.25) is 4.79 Å². The van der Waals surface area contributed by atoms with E-state index in [2.05, 4.69) is 43.5 Å². The number of amides is 1. The van der Waals surface area contributed by atoms with Gasteiger partial charge in [-0.2, -0.15) is 0 Å². The summed E-state index contributed by atoms with van der Waals surface area (Å²) in [4.78, 5) is 12.5. The van der Waals surface area contributed by atoms with Crippen molar-refractivity contribution in [3.05, 3.63) is 29.8 Å². The van der Waals surface area contributed by atoms with E-state index in [0.717, 1.165) is 24.9 Å². The fourth-order valence-electron chi connectivity index (χ4n) is 3.09. The molecule has 0 aromatic heterocycles. The molecule has 1 fully saturated rings. The molecule has 2 rings (SSSR count). The number of carbonyl (C=O) groups excluding carboxylic acids is 1. The van der Waals surface area contributed by atoms with Gasteiger partial charge in [-0.1, -0.05) is 32.4 Å². The number of carbonyl (C=O) groups is 1. The van der Waals surface area contributed by atoms with Crippen LogP contribution in [0, 0.1) is 11.3 Å². The van der Waals surface area contributed by atoms with Crippen LogP contribution in [0.4, 0.5) is 5.69 Å². The highest BCUT2D eigenvalue weighted by molar-refractivity contribution is 5.93. The second-order valence-electron chi connectivity index (χ2n) is 6.56. The summed E-state index contributed by atoms with van der Waals surface area (Å²) >= 11 is 0. The van der Waals surface area contributed by atoms with Crippen molar-refractivity contribution in [1.82, 2.24) is 5.32 Å². The van der Waals surface area contributed by atoms with Crippen LogP contribution in [-0.2, 0) is 4.79 Å².